The van der Waals surface area contributed by atoms with Gasteiger partial charge in [-0.15, -0.1) is 0 Å². The molecule has 1 fully saturated rings. The Morgan fingerprint density at radius 1 is 1.22 bits per heavy atom. The fourth-order valence-corrected chi connectivity index (χ4v) is 3.19. The van der Waals surface area contributed by atoms with Crippen LogP contribution in [0.25, 0.3) is 0 Å². The van der Waals surface area contributed by atoms with Crippen LogP contribution in [0.1, 0.15) is 56.6 Å². The molecular weight excluding hydrogens is 295 g/mol. The molecule has 0 aromatic heterocycles. The van der Waals surface area contributed by atoms with Gasteiger partial charge in [0.1, 0.15) is 5.82 Å². The summed E-state index contributed by atoms with van der Waals surface area (Å²) in [6.07, 6.45) is 7.46. The Morgan fingerprint density at radius 2 is 1.89 bits per heavy atom. The molecule has 0 bridgehead atoms. The van der Waals surface area contributed by atoms with E-state index in [2.05, 4.69) is 15.9 Å². The Morgan fingerprint density at radius 3 is 2.56 bits per heavy atom. The molecule has 1 aliphatic rings. The summed E-state index contributed by atoms with van der Waals surface area (Å²) in [5.74, 6) is 0.236. The average Bonchev–Trinajstić information content (AvgIpc) is 2.61. The normalized spacial score (nSPS) is 19.5. The van der Waals surface area contributed by atoms with E-state index in [0.717, 1.165) is 4.47 Å². The van der Waals surface area contributed by atoms with E-state index in [1.165, 1.54) is 44.6 Å². The van der Waals surface area contributed by atoms with Crippen molar-refractivity contribution in [3.05, 3.63) is 34.1 Å². The van der Waals surface area contributed by atoms with E-state index in [-0.39, 0.29) is 5.82 Å². The summed E-state index contributed by atoms with van der Waals surface area (Å²) in [7, 11) is 0. The molecule has 1 N–H and O–H groups in total. The third-order valence-corrected chi connectivity index (χ3v) is 4.34. The SMILES string of the molecule is OC(CC1CCCCCC1)c1cc(Br)ccc1F. The number of halogens is 2. The van der Waals surface area contributed by atoms with Crippen LogP contribution in [0.4, 0.5) is 4.39 Å². The summed E-state index contributed by atoms with van der Waals surface area (Å²) >= 11 is 3.32. The van der Waals surface area contributed by atoms with Gasteiger partial charge in [-0.2, -0.15) is 0 Å². The van der Waals surface area contributed by atoms with Crippen LogP contribution in [-0.2, 0) is 0 Å². The highest BCUT2D eigenvalue weighted by Crippen LogP contribution is 2.32. The molecule has 1 unspecified atom stereocenters. The molecule has 100 valence electrons. The molecule has 1 aromatic rings. The molecular formula is C15H20BrFO. The summed E-state index contributed by atoms with van der Waals surface area (Å²) in [5.41, 5.74) is 0.425. The highest BCUT2D eigenvalue weighted by Gasteiger charge is 2.20. The van der Waals surface area contributed by atoms with E-state index in [9.17, 15) is 9.50 Å². The van der Waals surface area contributed by atoms with Gasteiger partial charge >= 0.3 is 0 Å². The monoisotopic (exact) mass is 314 g/mol. The van der Waals surface area contributed by atoms with Crippen molar-refractivity contribution in [2.45, 2.75) is 51.0 Å². The van der Waals surface area contributed by atoms with Crippen molar-refractivity contribution in [2.24, 2.45) is 5.92 Å². The van der Waals surface area contributed by atoms with Gasteiger partial charge < -0.3 is 5.11 Å². The molecule has 1 saturated carbocycles. The summed E-state index contributed by atoms with van der Waals surface area (Å²) in [5, 5.41) is 10.2. The standard InChI is InChI=1S/C15H20BrFO/c16-12-7-8-14(17)13(10-12)15(18)9-11-5-3-1-2-4-6-11/h7-8,10-11,15,18H,1-6,9H2. The first-order valence-electron chi connectivity index (χ1n) is 6.80. The van der Waals surface area contributed by atoms with Gasteiger partial charge in [-0.3, -0.25) is 0 Å². The van der Waals surface area contributed by atoms with Gasteiger partial charge in [0.15, 0.2) is 0 Å². The van der Waals surface area contributed by atoms with E-state index in [1.54, 1.807) is 12.1 Å². The van der Waals surface area contributed by atoms with E-state index in [4.69, 9.17) is 0 Å². The molecule has 1 atom stereocenters. The molecule has 1 aliphatic carbocycles. The van der Waals surface area contributed by atoms with Crippen molar-refractivity contribution in [3.8, 4) is 0 Å². The van der Waals surface area contributed by atoms with Gasteiger partial charge in [0.25, 0.3) is 0 Å². The number of aliphatic hydroxyl groups excluding tert-OH is 1. The highest BCUT2D eigenvalue weighted by atomic mass is 79.9. The Labute approximate surface area is 117 Å². The Hall–Kier alpha value is -0.410. The van der Waals surface area contributed by atoms with Crippen LogP contribution in [0, 0.1) is 11.7 Å². The average molecular weight is 315 g/mol. The molecule has 0 radical (unpaired) electrons. The topological polar surface area (TPSA) is 20.2 Å². The summed E-state index contributed by atoms with van der Waals surface area (Å²) < 4.78 is 14.5. The lowest BCUT2D eigenvalue weighted by Gasteiger charge is -2.19. The number of rotatable bonds is 3. The van der Waals surface area contributed by atoms with Crippen LogP contribution in [0.5, 0.6) is 0 Å². The second-order valence-corrected chi connectivity index (χ2v) is 6.19. The molecule has 0 heterocycles. The first-order chi connectivity index (χ1) is 8.66. The third kappa shape index (κ3) is 3.79. The van der Waals surface area contributed by atoms with E-state index in [0.29, 0.717) is 17.9 Å². The smallest absolute Gasteiger partial charge is 0.129 e. The summed E-state index contributed by atoms with van der Waals surface area (Å²) in [4.78, 5) is 0. The maximum absolute atomic E-state index is 13.7. The lowest BCUT2D eigenvalue weighted by molar-refractivity contribution is 0.135. The molecule has 0 saturated heterocycles. The van der Waals surface area contributed by atoms with Crippen LogP contribution in [0.3, 0.4) is 0 Å². The molecule has 3 heteroatoms. The molecule has 0 spiro atoms. The first-order valence-corrected chi connectivity index (χ1v) is 7.59. The fraction of sp³-hybridized carbons (Fsp3) is 0.600. The summed E-state index contributed by atoms with van der Waals surface area (Å²) in [6, 6.07) is 4.77. The largest absolute Gasteiger partial charge is 0.388 e. The Kier molecular flexibility index (Phi) is 5.19. The van der Waals surface area contributed by atoms with Gasteiger partial charge in [-0.1, -0.05) is 54.5 Å². The van der Waals surface area contributed by atoms with Crippen LogP contribution in [-0.4, -0.2) is 5.11 Å². The lowest BCUT2D eigenvalue weighted by Crippen LogP contribution is -2.08. The molecule has 1 aromatic carbocycles. The first kappa shape index (κ1) is 14.0. The van der Waals surface area contributed by atoms with Gasteiger partial charge in [0.05, 0.1) is 6.10 Å². The number of hydrogen-bond donors (Lipinski definition) is 1. The molecule has 0 amide bonds. The number of hydrogen-bond acceptors (Lipinski definition) is 1. The Bertz CT molecular complexity index is 386. The van der Waals surface area contributed by atoms with Gasteiger partial charge in [-0.05, 0) is 30.5 Å². The number of benzene rings is 1. The minimum atomic E-state index is -0.675. The number of aliphatic hydroxyl groups is 1. The van der Waals surface area contributed by atoms with E-state index < -0.39 is 6.10 Å². The molecule has 1 nitrogen and oxygen atoms in total. The predicted octanol–water partition coefficient (Wildman–Crippen LogP) is 4.98. The quantitative estimate of drug-likeness (QED) is 0.780. The van der Waals surface area contributed by atoms with E-state index in [1.807, 2.05) is 0 Å². The maximum atomic E-state index is 13.7. The van der Waals surface area contributed by atoms with Crippen LogP contribution in [0.15, 0.2) is 22.7 Å². The lowest BCUT2D eigenvalue weighted by atomic mass is 9.91. The minimum Gasteiger partial charge on any atom is -0.388 e. The van der Waals surface area contributed by atoms with Gasteiger partial charge in [0, 0.05) is 10.0 Å². The van der Waals surface area contributed by atoms with Gasteiger partial charge in [-0.25, -0.2) is 4.39 Å². The van der Waals surface area contributed by atoms with Crippen molar-refractivity contribution in [1.82, 2.24) is 0 Å². The zero-order valence-electron chi connectivity index (χ0n) is 10.5. The van der Waals surface area contributed by atoms with E-state index >= 15 is 0 Å². The molecule has 2 rings (SSSR count). The predicted molar refractivity (Wildman–Crippen MR) is 74.9 cm³/mol. The fourth-order valence-electron chi connectivity index (χ4n) is 2.81. The van der Waals surface area contributed by atoms with Crippen molar-refractivity contribution >= 4 is 15.9 Å². The van der Waals surface area contributed by atoms with Gasteiger partial charge in [0.2, 0.25) is 0 Å². The zero-order valence-corrected chi connectivity index (χ0v) is 12.1. The zero-order chi connectivity index (χ0) is 13.0. The molecule has 18 heavy (non-hydrogen) atoms. The highest BCUT2D eigenvalue weighted by molar-refractivity contribution is 9.10. The van der Waals surface area contributed by atoms with Crippen molar-refractivity contribution in [1.29, 1.82) is 0 Å². The van der Waals surface area contributed by atoms with Crippen molar-refractivity contribution in [2.75, 3.05) is 0 Å². The second-order valence-electron chi connectivity index (χ2n) is 5.27. The third-order valence-electron chi connectivity index (χ3n) is 3.85. The molecule has 0 aliphatic heterocycles. The Balaban J connectivity index is 2.01. The maximum Gasteiger partial charge on any atom is 0.129 e. The van der Waals surface area contributed by atoms with Crippen LogP contribution in [0.2, 0.25) is 0 Å². The van der Waals surface area contributed by atoms with Crippen LogP contribution >= 0.6 is 15.9 Å². The summed E-state index contributed by atoms with van der Waals surface area (Å²) in [6.45, 7) is 0. The van der Waals surface area contributed by atoms with Crippen LogP contribution < -0.4 is 0 Å². The minimum absolute atomic E-state index is 0.306. The van der Waals surface area contributed by atoms with Crippen molar-refractivity contribution in [3.63, 3.8) is 0 Å². The van der Waals surface area contributed by atoms with Crippen molar-refractivity contribution < 1.29 is 9.50 Å². The second kappa shape index (κ2) is 6.67.